The third kappa shape index (κ3) is 6.55. The molecule has 4 aromatic rings. The van der Waals surface area contributed by atoms with Crippen LogP contribution in [0.3, 0.4) is 0 Å². The van der Waals surface area contributed by atoms with Crippen molar-refractivity contribution in [2.75, 3.05) is 25.0 Å². The highest BCUT2D eigenvalue weighted by Crippen LogP contribution is 2.39. The number of pyridine rings is 1. The van der Waals surface area contributed by atoms with Crippen molar-refractivity contribution in [3.05, 3.63) is 71.9 Å². The van der Waals surface area contributed by atoms with E-state index in [-0.39, 0.29) is 17.9 Å². The average Bonchev–Trinajstić information content (AvgIpc) is 3.60. The fraction of sp³-hybridized carbons (Fsp3) is 0.406. The molecule has 0 bridgehead atoms. The number of H-pyrrole nitrogens is 1. The maximum atomic E-state index is 13.8. The molecule has 1 aliphatic heterocycles. The summed E-state index contributed by atoms with van der Waals surface area (Å²) in [4.78, 5) is 45.2. The molecule has 43 heavy (non-hydrogen) atoms. The molecule has 0 aliphatic carbocycles. The van der Waals surface area contributed by atoms with Crippen LogP contribution in [-0.2, 0) is 10.2 Å². The summed E-state index contributed by atoms with van der Waals surface area (Å²) in [6.45, 7) is 9.56. The second-order valence-electron chi connectivity index (χ2n) is 11.8. The SMILES string of the molecule is CCCCOC(=O)N1CCC(c2[nH]nc(C(C)(C)C)c2OC(=O)n2cc(C(=O)Nc3ccncc3)c3ccccc32)CC1. The zero-order chi connectivity index (χ0) is 30.6. The van der Waals surface area contributed by atoms with Gasteiger partial charge in [0.25, 0.3) is 5.91 Å². The fourth-order valence-corrected chi connectivity index (χ4v) is 5.26. The molecule has 5 rings (SSSR count). The molecule has 1 fully saturated rings. The number of hydrogen-bond acceptors (Lipinski definition) is 7. The Balaban J connectivity index is 1.39. The normalized spacial score (nSPS) is 14.1. The number of aromatic amines is 1. The molecule has 4 heterocycles. The zero-order valence-electron chi connectivity index (χ0n) is 25.1. The number of carbonyl (C=O) groups excluding carboxylic acids is 3. The van der Waals surface area contributed by atoms with Crippen molar-refractivity contribution in [2.24, 2.45) is 0 Å². The largest absolute Gasteiger partial charge is 0.449 e. The van der Waals surface area contributed by atoms with Crippen LogP contribution < -0.4 is 10.1 Å². The van der Waals surface area contributed by atoms with Crippen LogP contribution in [0.2, 0.25) is 0 Å². The summed E-state index contributed by atoms with van der Waals surface area (Å²) in [5.74, 6) is 0.0459. The van der Waals surface area contributed by atoms with Gasteiger partial charge in [0.2, 0.25) is 0 Å². The molecular formula is C32H38N6O5. The predicted molar refractivity (Wildman–Crippen MR) is 163 cm³/mol. The van der Waals surface area contributed by atoms with E-state index in [4.69, 9.17) is 9.47 Å². The number of aromatic nitrogens is 4. The highest BCUT2D eigenvalue weighted by Gasteiger charge is 2.34. The van der Waals surface area contributed by atoms with Crippen LogP contribution in [0, 0.1) is 0 Å². The van der Waals surface area contributed by atoms with Crippen LogP contribution in [-0.4, -0.2) is 62.4 Å². The molecule has 0 radical (unpaired) electrons. The van der Waals surface area contributed by atoms with Crippen molar-refractivity contribution in [2.45, 2.75) is 64.7 Å². The van der Waals surface area contributed by atoms with E-state index in [1.165, 1.54) is 10.8 Å². The minimum atomic E-state index is -0.649. The predicted octanol–water partition coefficient (Wildman–Crippen LogP) is 6.47. The van der Waals surface area contributed by atoms with Gasteiger partial charge in [-0.2, -0.15) is 5.10 Å². The van der Waals surface area contributed by atoms with E-state index in [1.807, 2.05) is 32.9 Å². The maximum absolute atomic E-state index is 13.8. The summed E-state index contributed by atoms with van der Waals surface area (Å²) in [6, 6.07) is 10.6. The van der Waals surface area contributed by atoms with Gasteiger partial charge in [-0.05, 0) is 37.5 Å². The number of nitrogens with zero attached hydrogens (tertiary/aromatic N) is 4. The summed E-state index contributed by atoms with van der Waals surface area (Å²) in [5.41, 5.74) is 2.42. The number of fused-ring (bicyclic) bond motifs is 1. The number of unbranched alkanes of at least 4 members (excludes halogenated alkanes) is 1. The number of carbonyl (C=O) groups is 3. The number of para-hydroxylation sites is 1. The Kier molecular flexibility index (Phi) is 8.79. The smallest absolute Gasteiger partial charge is 0.424 e. The summed E-state index contributed by atoms with van der Waals surface area (Å²) in [5, 5.41) is 11.2. The van der Waals surface area contributed by atoms with E-state index >= 15 is 0 Å². The third-order valence-corrected chi connectivity index (χ3v) is 7.62. The first kappa shape index (κ1) is 29.8. The van der Waals surface area contributed by atoms with Crippen molar-refractivity contribution in [1.29, 1.82) is 0 Å². The maximum Gasteiger partial charge on any atom is 0.424 e. The molecule has 0 saturated carbocycles. The molecule has 11 heteroatoms. The van der Waals surface area contributed by atoms with Crippen LogP contribution in [0.15, 0.2) is 55.0 Å². The van der Waals surface area contributed by atoms with Gasteiger partial charge in [0.15, 0.2) is 5.75 Å². The molecular weight excluding hydrogens is 548 g/mol. The molecule has 226 valence electrons. The van der Waals surface area contributed by atoms with Crippen molar-refractivity contribution >= 4 is 34.7 Å². The third-order valence-electron chi connectivity index (χ3n) is 7.62. The van der Waals surface area contributed by atoms with E-state index in [0.29, 0.717) is 66.1 Å². The van der Waals surface area contributed by atoms with Gasteiger partial charge >= 0.3 is 12.2 Å². The highest BCUT2D eigenvalue weighted by molar-refractivity contribution is 6.14. The number of amides is 2. The van der Waals surface area contributed by atoms with Crippen LogP contribution in [0.5, 0.6) is 5.75 Å². The topological polar surface area (TPSA) is 131 Å². The first-order valence-corrected chi connectivity index (χ1v) is 14.7. The van der Waals surface area contributed by atoms with Crippen molar-refractivity contribution < 1.29 is 23.9 Å². The summed E-state index contributed by atoms with van der Waals surface area (Å²) >= 11 is 0. The molecule has 0 atom stereocenters. The Hall–Kier alpha value is -4.67. The van der Waals surface area contributed by atoms with Crippen molar-refractivity contribution in [3.63, 3.8) is 0 Å². The van der Waals surface area contributed by atoms with Crippen molar-refractivity contribution in [3.8, 4) is 5.75 Å². The number of piperidine rings is 1. The molecule has 1 saturated heterocycles. The molecule has 3 aromatic heterocycles. The van der Waals surface area contributed by atoms with Crippen LogP contribution in [0.1, 0.15) is 81.0 Å². The van der Waals surface area contributed by atoms with E-state index in [0.717, 1.165) is 18.5 Å². The molecule has 2 N–H and O–H groups in total. The van der Waals surface area contributed by atoms with Gasteiger partial charge in [0.05, 0.1) is 23.4 Å². The Morgan fingerprint density at radius 3 is 2.47 bits per heavy atom. The number of anilines is 1. The average molecular weight is 587 g/mol. The van der Waals surface area contributed by atoms with Crippen LogP contribution >= 0.6 is 0 Å². The molecule has 0 spiro atoms. The minimum Gasteiger partial charge on any atom is -0.449 e. The molecule has 1 aromatic carbocycles. The number of likely N-dealkylation sites (tertiary alicyclic amines) is 1. The number of rotatable bonds is 7. The van der Waals surface area contributed by atoms with Gasteiger partial charge in [-0.15, -0.1) is 0 Å². The lowest BCUT2D eigenvalue weighted by Crippen LogP contribution is -2.38. The Bertz CT molecular complexity index is 1600. The van der Waals surface area contributed by atoms with E-state index in [1.54, 1.807) is 41.6 Å². The number of ether oxygens (including phenoxy) is 2. The Morgan fingerprint density at radius 2 is 1.77 bits per heavy atom. The number of hydrogen-bond donors (Lipinski definition) is 2. The summed E-state index contributed by atoms with van der Waals surface area (Å²) in [6.07, 6.45) is 6.90. The Labute approximate surface area is 250 Å². The highest BCUT2D eigenvalue weighted by atomic mass is 16.6. The van der Waals surface area contributed by atoms with E-state index < -0.39 is 11.5 Å². The summed E-state index contributed by atoms with van der Waals surface area (Å²) in [7, 11) is 0. The lowest BCUT2D eigenvalue weighted by molar-refractivity contribution is 0.0912. The fourth-order valence-electron chi connectivity index (χ4n) is 5.26. The number of benzene rings is 1. The first-order valence-electron chi connectivity index (χ1n) is 14.7. The lowest BCUT2D eigenvalue weighted by atomic mass is 9.88. The van der Waals surface area contributed by atoms with E-state index in [2.05, 4.69) is 27.4 Å². The van der Waals surface area contributed by atoms with Crippen LogP contribution in [0.25, 0.3) is 10.9 Å². The minimum absolute atomic E-state index is 0.00852. The lowest BCUT2D eigenvalue weighted by Gasteiger charge is -2.31. The van der Waals surface area contributed by atoms with Gasteiger partial charge in [-0.25, -0.2) is 9.59 Å². The first-order chi connectivity index (χ1) is 20.7. The van der Waals surface area contributed by atoms with Gasteiger partial charge in [0, 0.05) is 54.1 Å². The molecule has 0 unspecified atom stereocenters. The second kappa shape index (κ2) is 12.7. The Morgan fingerprint density at radius 1 is 1.05 bits per heavy atom. The van der Waals surface area contributed by atoms with Crippen LogP contribution in [0.4, 0.5) is 15.3 Å². The monoisotopic (exact) mass is 586 g/mol. The van der Waals surface area contributed by atoms with Gasteiger partial charge in [-0.3, -0.25) is 19.4 Å². The number of nitrogens with one attached hydrogen (secondary N) is 2. The van der Waals surface area contributed by atoms with Gasteiger partial charge < -0.3 is 19.7 Å². The van der Waals surface area contributed by atoms with Gasteiger partial charge in [-0.1, -0.05) is 52.3 Å². The van der Waals surface area contributed by atoms with Gasteiger partial charge in [0.1, 0.15) is 5.69 Å². The molecule has 11 nitrogen and oxygen atoms in total. The quantitative estimate of drug-likeness (QED) is 0.237. The molecule has 2 amide bonds. The summed E-state index contributed by atoms with van der Waals surface area (Å²) < 4.78 is 12.9. The molecule has 1 aliphatic rings. The zero-order valence-corrected chi connectivity index (χ0v) is 25.1. The van der Waals surface area contributed by atoms with E-state index in [9.17, 15) is 14.4 Å². The second-order valence-corrected chi connectivity index (χ2v) is 11.8. The van der Waals surface area contributed by atoms with Crippen molar-refractivity contribution in [1.82, 2.24) is 24.6 Å². The standard InChI is InChI=1S/C32H38N6O5/c1-5-6-19-42-30(40)37-17-13-21(14-18-37)26-27(28(36-35-26)32(2,3)4)43-31(41)38-20-24(23-9-7-8-10-25(23)38)29(39)34-22-11-15-33-16-12-22/h7-12,15-16,20-21H,5-6,13-14,17-19H2,1-4H3,(H,35,36)(H,33,34,39).